The van der Waals surface area contributed by atoms with Crippen LogP contribution in [0.3, 0.4) is 0 Å². The Morgan fingerprint density at radius 3 is 2.21 bits per heavy atom. The first kappa shape index (κ1) is 23.0. The van der Waals surface area contributed by atoms with E-state index in [4.69, 9.17) is 28.0 Å². The molecule has 3 amide bonds. The minimum absolute atomic E-state index is 0.171. The fourth-order valence-corrected chi connectivity index (χ4v) is 3.77. The number of imide groups is 1. The summed E-state index contributed by atoms with van der Waals surface area (Å²) < 4.78 is 0. The van der Waals surface area contributed by atoms with Crippen molar-refractivity contribution >= 4 is 57.3 Å². The number of carbonyl (C=O) groups excluding carboxylic acids is 2. The maximum atomic E-state index is 13.2. The van der Waals surface area contributed by atoms with Crippen LogP contribution < -0.4 is 15.2 Å². The number of benzene rings is 4. The molecule has 0 radical (unpaired) electrons. The van der Waals surface area contributed by atoms with Crippen LogP contribution in [0, 0.1) is 10.1 Å². The molecule has 4 rings (SSSR count). The van der Waals surface area contributed by atoms with E-state index in [9.17, 15) is 19.7 Å². The van der Waals surface area contributed by atoms with E-state index >= 15 is 0 Å². The molecule has 0 saturated carbocycles. The molecule has 8 nitrogen and oxygen atoms in total. The summed E-state index contributed by atoms with van der Waals surface area (Å²) in [7, 11) is 0. The number of amides is 3. The normalized spacial score (nSPS) is 10.5. The third-order valence-electron chi connectivity index (χ3n) is 4.83. The van der Waals surface area contributed by atoms with Crippen LogP contribution in [0.1, 0.15) is 10.4 Å². The number of rotatable bonds is 5. The standard InChI is InChI=1S/C24H15Cl2N3O5/c25-18-13-14-21(17-10-5-4-9-16(17)18)34-28(15-7-2-1-3-8-15)24(31)27-23(30)22-19(26)11-6-12-20(22)29(32)33/h1-14H,(H,27,30,31). The molecule has 0 aromatic heterocycles. The Kier molecular flexibility index (Phi) is 6.62. The molecular formula is C24H15Cl2N3O5. The van der Waals surface area contributed by atoms with Gasteiger partial charge in [-0.25, -0.2) is 4.79 Å². The number of hydrogen-bond donors (Lipinski definition) is 1. The van der Waals surface area contributed by atoms with Gasteiger partial charge in [-0.05, 0) is 30.3 Å². The monoisotopic (exact) mass is 495 g/mol. The molecule has 0 unspecified atom stereocenters. The molecule has 34 heavy (non-hydrogen) atoms. The highest BCUT2D eigenvalue weighted by Gasteiger charge is 2.28. The number of nitro benzene ring substituents is 1. The second kappa shape index (κ2) is 9.78. The highest BCUT2D eigenvalue weighted by atomic mass is 35.5. The van der Waals surface area contributed by atoms with Crippen LogP contribution in [-0.2, 0) is 0 Å². The Bertz CT molecular complexity index is 1410. The zero-order valence-corrected chi connectivity index (χ0v) is 18.8. The zero-order valence-electron chi connectivity index (χ0n) is 17.3. The van der Waals surface area contributed by atoms with E-state index < -0.39 is 28.1 Å². The van der Waals surface area contributed by atoms with Crippen molar-refractivity contribution in [2.75, 3.05) is 5.06 Å². The molecule has 0 fully saturated rings. The van der Waals surface area contributed by atoms with Crippen molar-refractivity contribution < 1.29 is 19.3 Å². The SMILES string of the molecule is O=C(NC(=O)N(Oc1ccc(Cl)c2ccccc12)c1ccccc1)c1c(Cl)cccc1[N+](=O)[O-]. The van der Waals surface area contributed by atoms with Gasteiger partial charge in [0.15, 0.2) is 5.75 Å². The molecule has 0 aliphatic rings. The first-order valence-corrected chi connectivity index (χ1v) is 10.6. The summed E-state index contributed by atoms with van der Waals surface area (Å²) in [5.74, 6) is -0.747. The summed E-state index contributed by atoms with van der Waals surface area (Å²) in [5, 5.41) is 16.0. The van der Waals surface area contributed by atoms with Gasteiger partial charge in [0.05, 0.1) is 15.6 Å². The van der Waals surface area contributed by atoms with Gasteiger partial charge >= 0.3 is 6.03 Å². The average molecular weight is 496 g/mol. The lowest BCUT2D eigenvalue weighted by Gasteiger charge is -2.23. The molecule has 4 aromatic rings. The molecule has 170 valence electrons. The molecule has 0 spiro atoms. The van der Waals surface area contributed by atoms with Crippen LogP contribution in [-0.4, -0.2) is 16.9 Å². The Labute approximate surface area is 203 Å². The molecule has 10 heteroatoms. The maximum Gasteiger partial charge on any atom is 0.362 e. The first-order chi connectivity index (χ1) is 16.4. The third-order valence-corrected chi connectivity index (χ3v) is 5.48. The van der Waals surface area contributed by atoms with Crippen molar-refractivity contribution in [3.05, 3.63) is 111 Å². The molecule has 0 saturated heterocycles. The van der Waals surface area contributed by atoms with Crippen LogP contribution in [0.2, 0.25) is 10.0 Å². The van der Waals surface area contributed by atoms with Gasteiger partial charge in [0.2, 0.25) is 0 Å². The van der Waals surface area contributed by atoms with Crippen molar-refractivity contribution in [1.29, 1.82) is 0 Å². The topological polar surface area (TPSA) is 102 Å². The van der Waals surface area contributed by atoms with E-state index in [0.717, 1.165) is 11.1 Å². The average Bonchev–Trinajstić information content (AvgIpc) is 2.84. The second-order valence-electron chi connectivity index (χ2n) is 6.96. The number of fused-ring (bicyclic) bond motifs is 1. The third kappa shape index (κ3) is 4.63. The minimum atomic E-state index is -1.05. The largest absolute Gasteiger partial charge is 0.370 e. The number of nitro groups is 1. The molecule has 0 bridgehead atoms. The molecule has 1 N–H and O–H groups in total. The number of hydroxylamine groups is 1. The number of halogens is 2. The Morgan fingerprint density at radius 1 is 0.824 bits per heavy atom. The fourth-order valence-electron chi connectivity index (χ4n) is 3.29. The Balaban J connectivity index is 1.70. The zero-order chi connectivity index (χ0) is 24.2. The van der Waals surface area contributed by atoms with Crippen LogP contribution in [0.4, 0.5) is 16.2 Å². The van der Waals surface area contributed by atoms with Crippen LogP contribution in [0.5, 0.6) is 5.75 Å². The molecule has 0 aliphatic heterocycles. The number of urea groups is 1. The second-order valence-corrected chi connectivity index (χ2v) is 7.78. The smallest absolute Gasteiger partial charge is 0.362 e. The lowest BCUT2D eigenvalue weighted by molar-refractivity contribution is -0.385. The lowest BCUT2D eigenvalue weighted by Crippen LogP contribution is -2.45. The van der Waals surface area contributed by atoms with Gasteiger partial charge in [-0.15, -0.1) is 5.06 Å². The number of nitrogens with one attached hydrogen (secondary N) is 1. The minimum Gasteiger partial charge on any atom is -0.370 e. The number of carbonyl (C=O) groups is 2. The van der Waals surface area contributed by atoms with E-state index in [1.807, 2.05) is 6.07 Å². The van der Waals surface area contributed by atoms with Gasteiger partial charge < -0.3 is 4.84 Å². The summed E-state index contributed by atoms with van der Waals surface area (Å²) in [6, 6.07) is 21.5. The van der Waals surface area contributed by atoms with Crippen LogP contribution >= 0.6 is 23.2 Å². The molecule has 0 aliphatic carbocycles. The summed E-state index contributed by atoms with van der Waals surface area (Å²) in [5.41, 5.74) is -0.665. The van der Waals surface area contributed by atoms with Gasteiger partial charge in [0, 0.05) is 21.9 Å². The van der Waals surface area contributed by atoms with Crippen molar-refractivity contribution in [1.82, 2.24) is 5.32 Å². The number of para-hydroxylation sites is 1. The van der Waals surface area contributed by atoms with Gasteiger partial charge in [0.25, 0.3) is 11.6 Å². The summed E-state index contributed by atoms with van der Waals surface area (Å²) in [6.45, 7) is 0. The van der Waals surface area contributed by atoms with Crippen molar-refractivity contribution in [3.8, 4) is 5.75 Å². The predicted molar refractivity (Wildman–Crippen MR) is 129 cm³/mol. The lowest BCUT2D eigenvalue weighted by atomic mass is 10.1. The Hall–Kier alpha value is -4.14. The quantitative estimate of drug-likeness (QED) is 0.254. The number of nitrogens with zero attached hydrogens (tertiary/aromatic N) is 2. The van der Waals surface area contributed by atoms with E-state index in [1.54, 1.807) is 60.7 Å². The van der Waals surface area contributed by atoms with Gasteiger partial charge in [-0.3, -0.25) is 20.2 Å². The van der Waals surface area contributed by atoms with Gasteiger partial charge in [-0.1, -0.05) is 71.7 Å². The van der Waals surface area contributed by atoms with Crippen LogP contribution in [0.15, 0.2) is 84.9 Å². The number of anilines is 1. The maximum absolute atomic E-state index is 13.2. The molecule has 0 atom stereocenters. The highest BCUT2D eigenvalue weighted by Crippen LogP contribution is 2.33. The predicted octanol–water partition coefficient (Wildman–Crippen LogP) is 6.41. The van der Waals surface area contributed by atoms with E-state index in [0.29, 0.717) is 27.2 Å². The number of hydrogen-bond acceptors (Lipinski definition) is 5. The van der Waals surface area contributed by atoms with E-state index in [1.165, 1.54) is 12.1 Å². The van der Waals surface area contributed by atoms with Crippen LogP contribution in [0.25, 0.3) is 10.8 Å². The highest BCUT2D eigenvalue weighted by molar-refractivity contribution is 6.36. The van der Waals surface area contributed by atoms with Gasteiger partial charge in [-0.2, -0.15) is 0 Å². The first-order valence-electron chi connectivity index (χ1n) is 9.85. The molecule has 0 heterocycles. The fraction of sp³-hybridized carbons (Fsp3) is 0. The Morgan fingerprint density at radius 2 is 1.50 bits per heavy atom. The molecule has 4 aromatic carbocycles. The van der Waals surface area contributed by atoms with Gasteiger partial charge in [0.1, 0.15) is 5.56 Å². The van der Waals surface area contributed by atoms with E-state index in [-0.39, 0.29) is 5.02 Å². The van der Waals surface area contributed by atoms with Crippen molar-refractivity contribution in [3.63, 3.8) is 0 Å². The molecular weight excluding hydrogens is 481 g/mol. The summed E-state index contributed by atoms with van der Waals surface area (Å²) >= 11 is 12.3. The summed E-state index contributed by atoms with van der Waals surface area (Å²) in [6.07, 6.45) is 0. The van der Waals surface area contributed by atoms with E-state index in [2.05, 4.69) is 5.32 Å². The summed E-state index contributed by atoms with van der Waals surface area (Å²) in [4.78, 5) is 42.5. The van der Waals surface area contributed by atoms with Crippen molar-refractivity contribution in [2.45, 2.75) is 0 Å². The van der Waals surface area contributed by atoms with Crippen molar-refractivity contribution in [2.24, 2.45) is 0 Å².